The van der Waals surface area contributed by atoms with Gasteiger partial charge in [-0.05, 0) is 85.3 Å². The van der Waals surface area contributed by atoms with Crippen LogP contribution >= 0.6 is 22.6 Å². The Labute approximate surface area is 138 Å². The fourth-order valence-electron chi connectivity index (χ4n) is 2.60. The van der Waals surface area contributed by atoms with Gasteiger partial charge in [0, 0.05) is 26.0 Å². The van der Waals surface area contributed by atoms with E-state index < -0.39 is 0 Å². The number of aryl methyl sites for hydroxylation is 3. The maximum absolute atomic E-state index is 4.69. The molecular weight excluding hydrogens is 371 g/mol. The SMILES string of the molecule is Cc1cc(C)c2nc(C)cc(Nc3ccc(I)cc3)c2c1. The Morgan fingerprint density at radius 1 is 0.952 bits per heavy atom. The molecule has 0 atom stereocenters. The van der Waals surface area contributed by atoms with Crippen LogP contribution < -0.4 is 5.32 Å². The summed E-state index contributed by atoms with van der Waals surface area (Å²) in [5, 5.41) is 4.70. The lowest BCUT2D eigenvalue weighted by Crippen LogP contribution is -1.96. The van der Waals surface area contributed by atoms with Crippen LogP contribution in [0.3, 0.4) is 0 Å². The fourth-order valence-corrected chi connectivity index (χ4v) is 2.96. The molecule has 0 spiro atoms. The average molecular weight is 388 g/mol. The monoisotopic (exact) mass is 388 g/mol. The molecule has 21 heavy (non-hydrogen) atoms. The quantitative estimate of drug-likeness (QED) is 0.586. The van der Waals surface area contributed by atoms with E-state index in [1.54, 1.807) is 0 Å². The lowest BCUT2D eigenvalue weighted by atomic mass is 10.0. The molecule has 106 valence electrons. The van der Waals surface area contributed by atoms with Crippen molar-refractivity contribution in [3.05, 3.63) is 62.9 Å². The van der Waals surface area contributed by atoms with Crippen molar-refractivity contribution < 1.29 is 0 Å². The Hall–Kier alpha value is -1.62. The normalized spacial score (nSPS) is 10.9. The van der Waals surface area contributed by atoms with E-state index in [9.17, 15) is 0 Å². The van der Waals surface area contributed by atoms with Crippen LogP contribution in [-0.2, 0) is 0 Å². The summed E-state index contributed by atoms with van der Waals surface area (Å²) in [4.78, 5) is 4.69. The molecular formula is C18H17IN2. The number of fused-ring (bicyclic) bond motifs is 1. The summed E-state index contributed by atoms with van der Waals surface area (Å²) in [6.07, 6.45) is 0. The summed E-state index contributed by atoms with van der Waals surface area (Å²) in [5.74, 6) is 0. The molecule has 2 aromatic carbocycles. The largest absolute Gasteiger partial charge is 0.355 e. The Morgan fingerprint density at radius 2 is 1.67 bits per heavy atom. The predicted octanol–water partition coefficient (Wildman–Crippen LogP) is 5.51. The lowest BCUT2D eigenvalue weighted by molar-refractivity contribution is 1.23. The van der Waals surface area contributed by atoms with Crippen LogP contribution in [0, 0.1) is 24.3 Å². The Balaban J connectivity index is 2.15. The van der Waals surface area contributed by atoms with Gasteiger partial charge in [0.25, 0.3) is 0 Å². The van der Waals surface area contributed by atoms with E-state index in [0.29, 0.717) is 0 Å². The molecule has 0 amide bonds. The molecule has 2 nitrogen and oxygen atoms in total. The molecule has 1 N–H and O–H groups in total. The van der Waals surface area contributed by atoms with Crippen molar-refractivity contribution in [2.24, 2.45) is 0 Å². The van der Waals surface area contributed by atoms with Gasteiger partial charge < -0.3 is 5.32 Å². The second-order valence-corrected chi connectivity index (χ2v) is 6.67. The average Bonchev–Trinajstić information content (AvgIpc) is 2.43. The van der Waals surface area contributed by atoms with E-state index in [0.717, 1.165) is 22.6 Å². The zero-order valence-electron chi connectivity index (χ0n) is 12.4. The van der Waals surface area contributed by atoms with Crippen molar-refractivity contribution in [1.82, 2.24) is 4.98 Å². The first-order valence-electron chi connectivity index (χ1n) is 6.94. The third-order valence-corrected chi connectivity index (χ3v) is 4.22. The predicted molar refractivity (Wildman–Crippen MR) is 98.4 cm³/mol. The molecule has 0 bridgehead atoms. The molecule has 0 saturated carbocycles. The number of halogens is 1. The van der Waals surface area contributed by atoms with E-state index in [1.807, 2.05) is 6.92 Å². The van der Waals surface area contributed by atoms with Crippen molar-refractivity contribution in [3.63, 3.8) is 0 Å². The Morgan fingerprint density at radius 3 is 2.38 bits per heavy atom. The first kappa shape index (κ1) is 14.3. The van der Waals surface area contributed by atoms with E-state index in [1.165, 1.54) is 20.1 Å². The topological polar surface area (TPSA) is 24.9 Å². The van der Waals surface area contributed by atoms with Crippen LogP contribution in [0.4, 0.5) is 11.4 Å². The van der Waals surface area contributed by atoms with Crippen molar-refractivity contribution in [2.45, 2.75) is 20.8 Å². The molecule has 0 aliphatic rings. The molecule has 3 aromatic rings. The van der Waals surface area contributed by atoms with Crippen molar-refractivity contribution in [3.8, 4) is 0 Å². The Kier molecular flexibility index (Phi) is 3.85. The Bertz CT molecular complexity index is 808. The summed E-state index contributed by atoms with van der Waals surface area (Å²) in [6, 6.07) is 14.9. The molecule has 1 heterocycles. The molecule has 0 aliphatic carbocycles. The highest BCUT2D eigenvalue weighted by Gasteiger charge is 2.07. The summed E-state index contributed by atoms with van der Waals surface area (Å²) in [5.41, 5.74) is 6.80. The number of nitrogens with zero attached hydrogens (tertiary/aromatic N) is 1. The summed E-state index contributed by atoms with van der Waals surface area (Å²) in [6.45, 7) is 6.29. The van der Waals surface area contributed by atoms with Crippen molar-refractivity contribution >= 4 is 44.9 Å². The van der Waals surface area contributed by atoms with Crippen LogP contribution in [-0.4, -0.2) is 4.98 Å². The summed E-state index contributed by atoms with van der Waals surface area (Å²) >= 11 is 2.32. The molecule has 3 heteroatoms. The molecule has 0 aliphatic heterocycles. The standard InChI is InChI=1S/C18H17IN2/c1-11-8-12(2)18-16(9-11)17(10-13(3)20-18)21-15-6-4-14(19)5-7-15/h4-10H,1-3H3,(H,20,21). The van der Waals surface area contributed by atoms with Gasteiger partial charge in [0.1, 0.15) is 0 Å². The number of hydrogen-bond donors (Lipinski definition) is 1. The second-order valence-electron chi connectivity index (χ2n) is 5.42. The number of benzene rings is 2. The van der Waals surface area contributed by atoms with Crippen LogP contribution in [0.25, 0.3) is 10.9 Å². The number of aromatic nitrogens is 1. The molecule has 0 unspecified atom stereocenters. The number of hydrogen-bond acceptors (Lipinski definition) is 2. The first-order chi connectivity index (χ1) is 10.0. The van der Waals surface area contributed by atoms with E-state index in [4.69, 9.17) is 4.98 Å². The van der Waals surface area contributed by atoms with Gasteiger partial charge in [0.2, 0.25) is 0 Å². The van der Waals surface area contributed by atoms with Crippen LogP contribution in [0.1, 0.15) is 16.8 Å². The van der Waals surface area contributed by atoms with E-state index >= 15 is 0 Å². The second kappa shape index (κ2) is 5.64. The third kappa shape index (κ3) is 3.02. The zero-order valence-corrected chi connectivity index (χ0v) is 14.5. The molecule has 1 aromatic heterocycles. The van der Waals surface area contributed by atoms with Crippen molar-refractivity contribution in [1.29, 1.82) is 0 Å². The fraction of sp³-hybridized carbons (Fsp3) is 0.167. The van der Waals surface area contributed by atoms with E-state index in [-0.39, 0.29) is 0 Å². The van der Waals surface area contributed by atoms with Gasteiger partial charge in [-0.25, -0.2) is 0 Å². The molecule has 0 saturated heterocycles. The van der Waals surface area contributed by atoms with E-state index in [2.05, 4.69) is 84.2 Å². The number of rotatable bonds is 2. The van der Waals surface area contributed by atoms with Gasteiger partial charge in [-0.15, -0.1) is 0 Å². The minimum Gasteiger partial charge on any atom is -0.355 e. The van der Waals surface area contributed by atoms with Crippen LogP contribution in [0.2, 0.25) is 0 Å². The lowest BCUT2D eigenvalue weighted by Gasteiger charge is -2.13. The maximum Gasteiger partial charge on any atom is 0.0755 e. The van der Waals surface area contributed by atoms with Crippen molar-refractivity contribution in [2.75, 3.05) is 5.32 Å². The van der Waals surface area contributed by atoms with Crippen LogP contribution in [0.5, 0.6) is 0 Å². The molecule has 0 fully saturated rings. The summed E-state index contributed by atoms with van der Waals surface area (Å²) in [7, 11) is 0. The third-order valence-electron chi connectivity index (χ3n) is 3.50. The highest BCUT2D eigenvalue weighted by molar-refractivity contribution is 14.1. The van der Waals surface area contributed by atoms with Gasteiger partial charge >= 0.3 is 0 Å². The minimum atomic E-state index is 1.03. The molecule has 3 rings (SSSR count). The van der Waals surface area contributed by atoms with Gasteiger partial charge in [-0.3, -0.25) is 4.98 Å². The minimum absolute atomic E-state index is 1.03. The van der Waals surface area contributed by atoms with Gasteiger partial charge in [-0.2, -0.15) is 0 Å². The number of nitrogens with one attached hydrogen (secondary N) is 1. The zero-order chi connectivity index (χ0) is 15.0. The highest BCUT2D eigenvalue weighted by atomic mass is 127. The first-order valence-corrected chi connectivity index (χ1v) is 8.02. The van der Waals surface area contributed by atoms with Gasteiger partial charge in [-0.1, -0.05) is 11.6 Å². The molecule has 0 radical (unpaired) electrons. The van der Waals surface area contributed by atoms with Crippen LogP contribution in [0.15, 0.2) is 42.5 Å². The smallest absolute Gasteiger partial charge is 0.0755 e. The van der Waals surface area contributed by atoms with Gasteiger partial charge in [0.05, 0.1) is 5.52 Å². The highest BCUT2D eigenvalue weighted by Crippen LogP contribution is 2.29. The number of anilines is 2. The van der Waals surface area contributed by atoms with Gasteiger partial charge in [0.15, 0.2) is 0 Å². The maximum atomic E-state index is 4.69. The summed E-state index contributed by atoms with van der Waals surface area (Å²) < 4.78 is 1.24. The number of pyridine rings is 1.